The summed E-state index contributed by atoms with van der Waals surface area (Å²) >= 11 is 0. The summed E-state index contributed by atoms with van der Waals surface area (Å²) < 4.78 is 0. The molecule has 0 saturated heterocycles. The van der Waals surface area contributed by atoms with Gasteiger partial charge in [0.1, 0.15) is 0 Å². The molecule has 2 N–H and O–H groups in total. The lowest BCUT2D eigenvalue weighted by molar-refractivity contribution is 1.28. The van der Waals surface area contributed by atoms with Gasteiger partial charge in [0.15, 0.2) is 0 Å². The lowest BCUT2D eigenvalue weighted by Gasteiger charge is -2.06. The highest BCUT2D eigenvalue weighted by Gasteiger charge is 2.30. The molecule has 0 saturated carbocycles. The van der Waals surface area contributed by atoms with E-state index >= 15 is 0 Å². The Hall–Kier alpha value is -6.52. The van der Waals surface area contributed by atoms with E-state index in [1.54, 1.807) is 0 Å². The van der Waals surface area contributed by atoms with E-state index in [4.69, 9.17) is 9.97 Å². The lowest BCUT2D eigenvalue weighted by atomic mass is 10.0. The van der Waals surface area contributed by atoms with Gasteiger partial charge in [-0.05, 0) is 70.3 Å². The van der Waals surface area contributed by atoms with E-state index in [1.165, 1.54) is 11.1 Å². The number of hydrogen-bond acceptors (Lipinski definition) is 2. The fourth-order valence-corrected chi connectivity index (χ4v) is 7.43. The van der Waals surface area contributed by atoms with Gasteiger partial charge < -0.3 is 9.97 Å². The number of nitrogens with one attached hydrogen (secondary N) is 2. The number of hydrogen-bond donors (Lipinski definition) is 2. The Morgan fingerprint density at radius 2 is 0.812 bits per heavy atom. The number of benzene rings is 4. The number of nitrogens with zero attached hydrogens (tertiary/aromatic N) is 2. The predicted molar refractivity (Wildman–Crippen MR) is 199 cm³/mol. The normalized spacial score (nSPS) is 12.6. The van der Waals surface area contributed by atoms with Crippen LogP contribution in [-0.4, -0.2) is 19.9 Å². The molecular weight excluding hydrogens is 585 g/mol. The molecule has 2 aliphatic heterocycles. The van der Waals surface area contributed by atoms with Gasteiger partial charge in [-0.25, -0.2) is 9.97 Å². The van der Waals surface area contributed by atoms with Gasteiger partial charge in [0.25, 0.3) is 0 Å². The number of aromatic nitrogens is 4. The first kappa shape index (κ1) is 26.7. The highest BCUT2D eigenvalue weighted by molar-refractivity contribution is 6.12. The molecule has 0 radical (unpaired) electrons. The predicted octanol–water partition coefficient (Wildman–Crippen LogP) is 11.1. The Balaban J connectivity index is 1.42. The van der Waals surface area contributed by atoms with E-state index in [1.807, 2.05) is 0 Å². The monoisotopic (exact) mass is 612 g/mol. The van der Waals surface area contributed by atoms with Gasteiger partial charge in [-0.3, -0.25) is 0 Å². The van der Waals surface area contributed by atoms with Crippen LogP contribution >= 0.6 is 0 Å². The summed E-state index contributed by atoms with van der Waals surface area (Å²) in [6, 6.07) is 49.0. The maximum Gasteiger partial charge on any atom is 0.0816 e. The second kappa shape index (κ2) is 10.5. The minimum absolute atomic E-state index is 0.896. The number of rotatable bonds is 3. The molecular formula is C44H28N4. The summed E-state index contributed by atoms with van der Waals surface area (Å²) in [5.41, 5.74) is 19.0. The molecule has 3 aliphatic rings. The number of H-pyrrole nitrogens is 2. The molecule has 0 amide bonds. The van der Waals surface area contributed by atoms with E-state index in [9.17, 15) is 0 Å². The van der Waals surface area contributed by atoms with E-state index in [2.05, 4.69) is 168 Å². The van der Waals surface area contributed by atoms with Crippen LogP contribution in [0.15, 0.2) is 140 Å². The molecule has 5 heterocycles. The van der Waals surface area contributed by atoms with E-state index in [0.29, 0.717) is 0 Å². The van der Waals surface area contributed by atoms with Crippen LogP contribution in [0.2, 0.25) is 0 Å². The van der Waals surface area contributed by atoms with Crippen LogP contribution < -0.4 is 0 Å². The molecule has 0 atom stereocenters. The van der Waals surface area contributed by atoms with Crippen molar-refractivity contribution in [3.05, 3.63) is 168 Å². The second-order valence-corrected chi connectivity index (χ2v) is 12.3. The average molecular weight is 613 g/mol. The maximum absolute atomic E-state index is 5.43. The van der Waals surface area contributed by atoms with Crippen LogP contribution in [-0.2, 0) is 0 Å². The minimum Gasteiger partial charge on any atom is -0.354 e. The van der Waals surface area contributed by atoms with Gasteiger partial charge in [-0.1, -0.05) is 115 Å². The summed E-state index contributed by atoms with van der Waals surface area (Å²) in [7, 11) is 0. The Labute approximate surface area is 277 Å². The van der Waals surface area contributed by atoms with Gasteiger partial charge in [-0.2, -0.15) is 0 Å². The first-order valence-electron chi connectivity index (χ1n) is 16.3. The summed E-state index contributed by atoms with van der Waals surface area (Å²) in [6.45, 7) is 0. The molecule has 4 nitrogen and oxygen atoms in total. The van der Waals surface area contributed by atoms with Crippen LogP contribution in [0.1, 0.15) is 28.3 Å². The van der Waals surface area contributed by atoms with Gasteiger partial charge in [0.2, 0.25) is 0 Å². The molecule has 1 aliphatic carbocycles. The van der Waals surface area contributed by atoms with Crippen molar-refractivity contribution in [2.75, 3.05) is 0 Å². The third kappa shape index (κ3) is 4.10. The fraction of sp³-hybridized carbons (Fsp3) is 0. The lowest BCUT2D eigenvalue weighted by Crippen LogP contribution is -1.90. The molecule has 48 heavy (non-hydrogen) atoms. The van der Waals surface area contributed by atoms with Crippen molar-refractivity contribution in [1.82, 2.24) is 19.9 Å². The summed E-state index contributed by atoms with van der Waals surface area (Å²) in [5, 5.41) is 0. The van der Waals surface area contributed by atoms with Crippen LogP contribution in [0.3, 0.4) is 0 Å². The molecule has 224 valence electrons. The number of aromatic amines is 2. The van der Waals surface area contributed by atoms with Crippen molar-refractivity contribution in [3.8, 4) is 44.5 Å². The fourth-order valence-electron chi connectivity index (χ4n) is 7.43. The minimum atomic E-state index is 0.896. The zero-order chi connectivity index (χ0) is 31.6. The quantitative estimate of drug-likeness (QED) is 0.209. The molecule has 4 heteroatoms. The highest BCUT2D eigenvalue weighted by atomic mass is 14.8. The van der Waals surface area contributed by atoms with Gasteiger partial charge >= 0.3 is 0 Å². The summed E-state index contributed by atoms with van der Waals surface area (Å²) in [4.78, 5) is 18.5. The van der Waals surface area contributed by atoms with Gasteiger partial charge in [-0.15, -0.1) is 0 Å². The van der Waals surface area contributed by atoms with E-state index < -0.39 is 0 Å². The van der Waals surface area contributed by atoms with Crippen LogP contribution in [0, 0.1) is 0 Å². The Morgan fingerprint density at radius 1 is 0.354 bits per heavy atom. The molecule has 0 spiro atoms. The first-order chi connectivity index (χ1) is 23.8. The molecule has 0 fully saturated rings. The molecule has 0 unspecified atom stereocenters. The standard InChI is InChI=1S/C44H28N4/c1-4-12-27(13-5-1)40-33-20-21-34(45-33)41(28-14-6-2-7-15-28)36-24-25-38(47-36)43-31-19-11-10-18-30(31)32-26-39(48-44(32)43)42(29-16-8-3-9-17-29)37-23-22-35(40)46-37/h1-26,45,47H. The SMILES string of the molecule is C1=Cc2nc1c(-c1ccccc1)c1nc3c(c4ccc([nH]4)c(-c4ccccc4)c4ccc([nH]4)c2-c2ccccc2)-c2ccccc2C3=C1. The van der Waals surface area contributed by atoms with Gasteiger partial charge in [0, 0.05) is 49.9 Å². The topological polar surface area (TPSA) is 57.4 Å². The van der Waals surface area contributed by atoms with Crippen LogP contribution in [0.4, 0.5) is 0 Å². The largest absolute Gasteiger partial charge is 0.354 e. The summed E-state index contributed by atoms with van der Waals surface area (Å²) in [6.07, 6.45) is 6.53. The van der Waals surface area contributed by atoms with Crippen molar-refractivity contribution in [3.63, 3.8) is 0 Å². The Morgan fingerprint density at radius 3 is 1.42 bits per heavy atom. The van der Waals surface area contributed by atoms with Crippen molar-refractivity contribution in [1.29, 1.82) is 0 Å². The van der Waals surface area contributed by atoms with Crippen LogP contribution in [0.5, 0.6) is 0 Å². The Kier molecular flexibility index (Phi) is 5.84. The zero-order valence-electron chi connectivity index (χ0n) is 25.9. The van der Waals surface area contributed by atoms with Crippen molar-refractivity contribution in [2.45, 2.75) is 0 Å². The molecule has 10 rings (SSSR count). The van der Waals surface area contributed by atoms with Crippen molar-refractivity contribution < 1.29 is 0 Å². The number of fused-ring (bicyclic) bond motifs is 11. The zero-order valence-corrected chi connectivity index (χ0v) is 25.9. The van der Waals surface area contributed by atoms with E-state index in [0.717, 1.165) is 89.4 Å². The first-order valence-corrected chi connectivity index (χ1v) is 16.3. The van der Waals surface area contributed by atoms with Crippen LogP contribution in [0.25, 0.3) is 90.4 Å². The Bertz CT molecular complexity index is 2600. The average Bonchev–Trinajstić information content (AvgIpc) is 3.98. The molecule has 7 aromatic rings. The third-order valence-electron chi connectivity index (χ3n) is 9.54. The maximum atomic E-state index is 5.43. The summed E-state index contributed by atoms with van der Waals surface area (Å²) in [5.74, 6) is 0. The highest BCUT2D eigenvalue weighted by Crippen LogP contribution is 2.48. The third-order valence-corrected chi connectivity index (χ3v) is 9.54. The van der Waals surface area contributed by atoms with E-state index in [-0.39, 0.29) is 0 Å². The van der Waals surface area contributed by atoms with Crippen molar-refractivity contribution in [2.24, 2.45) is 0 Å². The van der Waals surface area contributed by atoms with Crippen molar-refractivity contribution >= 4 is 45.9 Å². The molecule has 8 bridgehead atoms. The van der Waals surface area contributed by atoms with Gasteiger partial charge in [0.05, 0.1) is 22.8 Å². The second-order valence-electron chi connectivity index (χ2n) is 12.3. The molecule has 4 aromatic carbocycles. The molecule has 3 aromatic heterocycles. The smallest absolute Gasteiger partial charge is 0.0816 e.